The van der Waals surface area contributed by atoms with Gasteiger partial charge in [0.1, 0.15) is 9.99 Å². The highest BCUT2D eigenvalue weighted by Gasteiger charge is 2.37. The molecule has 0 spiro atoms. The highest BCUT2D eigenvalue weighted by Crippen LogP contribution is 2.37. The number of pyridine rings is 1. The molecule has 0 atom stereocenters. The molecular weight excluding hydrogens is 494 g/mol. The maximum atomic E-state index is 13.0. The molecule has 0 aliphatic carbocycles. The van der Waals surface area contributed by atoms with Crippen molar-refractivity contribution in [2.24, 2.45) is 0 Å². The van der Waals surface area contributed by atoms with Crippen molar-refractivity contribution < 1.29 is 4.43 Å². The van der Waals surface area contributed by atoms with Crippen molar-refractivity contribution in [1.29, 1.82) is 0 Å². The lowest BCUT2D eigenvalue weighted by Gasteiger charge is -2.36. The summed E-state index contributed by atoms with van der Waals surface area (Å²) in [4.78, 5) is 26.5. The Morgan fingerprint density at radius 3 is 2.61 bits per heavy atom. The smallest absolute Gasteiger partial charge is 0.278 e. The summed E-state index contributed by atoms with van der Waals surface area (Å²) in [6, 6.07) is 3.89. The number of halogens is 1. The first kappa shape index (κ1) is 23.9. The Morgan fingerprint density at radius 2 is 2.00 bits per heavy atom. The third-order valence-electron chi connectivity index (χ3n) is 5.60. The number of hydrogen-bond acceptors (Lipinski definition) is 6. The standard InChI is InChI=1S/C21H28BrN5O2SSi/c1-8-9-26-19(28)15-12-23-20(30-5)25-18(15)27(26)17-11-14(10-16(22)24-17)13-29-31(6,7)21(2,3)4/h8,10-12H,1,9,13H2,2-7H3. The second-order valence-electron chi connectivity index (χ2n) is 8.79. The molecule has 0 saturated heterocycles. The molecule has 0 N–H and O–H groups in total. The van der Waals surface area contributed by atoms with Crippen LogP contribution in [0, 0.1) is 0 Å². The molecular formula is C21H28BrN5O2SSi. The fourth-order valence-corrected chi connectivity index (χ4v) is 4.61. The van der Waals surface area contributed by atoms with Crippen LogP contribution in [0.15, 0.2) is 45.5 Å². The lowest BCUT2D eigenvalue weighted by Crippen LogP contribution is -2.40. The molecule has 10 heteroatoms. The van der Waals surface area contributed by atoms with Crippen LogP contribution in [0.2, 0.25) is 18.1 Å². The van der Waals surface area contributed by atoms with Gasteiger partial charge in [0.2, 0.25) is 0 Å². The summed E-state index contributed by atoms with van der Waals surface area (Å²) in [5, 5.41) is 1.15. The molecule has 31 heavy (non-hydrogen) atoms. The molecule has 0 aliphatic rings. The van der Waals surface area contributed by atoms with E-state index in [4.69, 9.17) is 4.43 Å². The van der Waals surface area contributed by atoms with Gasteiger partial charge < -0.3 is 4.43 Å². The van der Waals surface area contributed by atoms with Gasteiger partial charge in [-0.3, -0.25) is 4.79 Å². The monoisotopic (exact) mass is 521 g/mol. The Bertz CT molecular complexity index is 1180. The van der Waals surface area contributed by atoms with E-state index in [2.05, 4.69) is 71.3 Å². The van der Waals surface area contributed by atoms with Crippen molar-refractivity contribution in [2.45, 2.75) is 57.2 Å². The van der Waals surface area contributed by atoms with Crippen molar-refractivity contribution in [3.8, 4) is 5.82 Å². The summed E-state index contributed by atoms with van der Waals surface area (Å²) in [7, 11) is -1.91. The number of nitrogens with zero attached hydrogens (tertiary/aromatic N) is 5. The van der Waals surface area contributed by atoms with Crippen LogP contribution in [0.25, 0.3) is 16.9 Å². The van der Waals surface area contributed by atoms with Gasteiger partial charge in [-0.2, -0.15) is 0 Å². The van der Waals surface area contributed by atoms with E-state index in [0.29, 0.717) is 39.8 Å². The molecule has 3 rings (SSSR count). The van der Waals surface area contributed by atoms with Crippen LogP contribution in [0.3, 0.4) is 0 Å². The second kappa shape index (κ2) is 9.01. The third-order valence-corrected chi connectivity index (χ3v) is 11.0. The Morgan fingerprint density at radius 1 is 1.29 bits per heavy atom. The summed E-state index contributed by atoms with van der Waals surface area (Å²) in [5.74, 6) is 0.586. The van der Waals surface area contributed by atoms with Crippen LogP contribution in [0.1, 0.15) is 26.3 Å². The Labute approximate surface area is 196 Å². The molecule has 0 amide bonds. The van der Waals surface area contributed by atoms with Gasteiger partial charge in [0.05, 0.1) is 13.2 Å². The predicted molar refractivity (Wildman–Crippen MR) is 133 cm³/mol. The van der Waals surface area contributed by atoms with Crippen LogP contribution in [0.5, 0.6) is 0 Å². The quantitative estimate of drug-likeness (QED) is 0.140. The molecule has 3 heterocycles. The van der Waals surface area contributed by atoms with Gasteiger partial charge in [-0.05, 0) is 58.0 Å². The average Bonchev–Trinajstić information content (AvgIpc) is 2.97. The topological polar surface area (TPSA) is 74.8 Å². The van der Waals surface area contributed by atoms with Gasteiger partial charge >= 0.3 is 0 Å². The van der Waals surface area contributed by atoms with E-state index >= 15 is 0 Å². The van der Waals surface area contributed by atoms with Crippen molar-refractivity contribution in [2.75, 3.05) is 6.26 Å². The molecule has 0 aliphatic heterocycles. The predicted octanol–water partition coefficient (Wildman–Crippen LogP) is 5.17. The Kier molecular flexibility index (Phi) is 6.95. The molecule has 3 aromatic heterocycles. The molecule has 3 aromatic rings. The Balaban J connectivity index is 2.13. The number of hydrogen-bond donors (Lipinski definition) is 0. The van der Waals surface area contributed by atoms with Crippen LogP contribution >= 0.6 is 27.7 Å². The van der Waals surface area contributed by atoms with Crippen molar-refractivity contribution in [3.05, 3.63) is 51.5 Å². The molecule has 0 saturated carbocycles. The zero-order valence-corrected chi connectivity index (χ0v) is 22.2. The number of thioether (sulfide) groups is 1. The first-order valence-electron chi connectivity index (χ1n) is 9.92. The molecule has 0 aromatic carbocycles. The van der Waals surface area contributed by atoms with E-state index in [9.17, 15) is 4.79 Å². The number of allylic oxidation sites excluding steroid dienone is 1. The fourth-order valence-electron chi connectivity index (χ4n) is 2.84. The van der Waals surface area contributed by atoms with E-state index in [-0.39, 0.29) is 10.6 Å². The van der Waals surface area contributed by atoms with Crippen LogP contribution in [-0.4, -0.2) is 38.9 Å². The summed E-state index contributed by atoms with van der Waals surface area (Å²) in [6.07, 6.45) is 5.16. The van der Waals surface area contributed by atoms with Crippen molar-refractivity contribution >= 4 is 47.0 Å². The minimum atomic E-state index is -1.91. The fraction of sp³-hybridized carbons (Fsp3) is 0.429. The molecule has 0 unspecified atom stereocenters. The van der Waals surface area contributed by atoms with E-state index in [1.165, 1.54) is 11.8 Å². The highest BCUT2D eigenvalue weighted by molar-refractivity contribution is 9.10. The minimum Gasteiger partial charge on any atom is -0.413 e. The van der Waals surface area contributed by atoms with E-state index in [1.54, 1.807) is 21.6 Å². The van der Waals surface area contributed by atoms with Gasteiger partial charge in [0.15, 0.2) is 24.9 Å². The van der Waals surface area contributed by atoms with Crippen molar-refractivity contribution in [1.82, 2.24) is 24.3 Å². The van der Waals surface area contributed by atoms with Crippen LogP contribution < -0.4 is 5.56 Å². The van der Waals surface area contributed by atoms with Crippen molar-refractivity contribution in [3.63, 3.8) is 0 Å². The Hall–Kier alpha value is -1.75. The van der Waals surface area contributed by atoms with Gasteiger partial charge in [-0.25, -0.2) is 24.3 Å². The van der Waals surface area contributed by atoms with Crippen LogP contribution in [-0.2, 0) is 17.6 Å². The van der Waals surface area contributed by atoms with Gasteiger partial charge in [-0.1, -0.05) is 38.6 Å². The zero-order chi connectivity index (χ0) is 23.0. The molecule has 0 radical (unpaired) electrons. The summed E-state index contributed by atoms with van der Waals surface area (Å²) < 4.78 is 10.4. The van der Waals surface area contributed by atoms with Gasteiger partial charge in [0.25, 0.3) is 5.56 Å². The number of aromatic nitrogens is 5. The second-order valence-corrected chi connectivity index (χ2v) is 15.2. The molecule has 166 valence electrons. The minimum absolute atomic E-state index is 0.117. The van der Waals surface area contributed by atoms with Gasteiger partial charge in [0, 0.05) is 6.20 Å². The van der Waals surface area contributed by atoms with Gasteiger partial charge in [-0.15, -0.1) is 6.58 Å². The first-order valence-corrected chi connectivity index (χ1v) is 14.9. The van der Waals surface area contributed by atoms with Crippen LogP contribution in [0.4, 0.5) is 0 Å². The van der Waals surface area contributed by atoms with E-state index in [1.807, 2.05) is 18.4 Å². The highest BCUT2D eigenvalue weighted by atomic mass is 79.9. The molecule has 0 bridgehead atoms. The molecule has 7 nitrogen and oxygen atoms in total. The normalized spacial score (nSPS) is 12.5. The summed E-state index contributed by atoms with van der Waals surface area (Å²) in [5.41, 5.74) is 1.32. The number of rotatable bonds is 7. The maximum Gasteiger partial charge on any atom is 0.278 e. The number of fused-ring (bicyclic) bond motifs is 1. The van der Waals surface area contributed by atoms with E-state index in [0.717, 1.165) is 5.56 Å². The average molecular weight is 523 g/mol. The SMILES string of the molecule is C=CCn1c(=O)c2cnc(SC)nc2n1-c1cc(CO[Si](C)(C)C(C)(C)C)cc(Br)n1. The molecule has 0 fully saturated rings. The summed E-state index contributed by atoms with van der Waals surface area (Å²) >= 11 is 4.94. The first-order chi connectivity index (χ1) is 14.5. The third kappa shape index (κ3) is 4.86. The largest absolute Gasteiger partial charge is 0.413 e. The zero-order valence-electron chi connectivity index (χ0n) is 18.8. The van der Waals surface area contributed by atoms with E-state index < -0.39 is 8.32 Å². The lowest BCUT2D eigenvalue weighted by molar-refractivity contribution is 0.276. The lowest BCUT2D eigenvalue weighted by atomic mass is 10.2. The maximum absolute atomic E-state index is 13.0. The summed E-state index contributed by atoms with van der Waals surface area (Å²) in [6.45, 7) is 15.7.